The molecule has 0 radical (unpaired) electrons. The first-order valence-corrected chi connectivity index (χ1v) is 5.56. The lowest BCUT2D eigenvalue weighted by atomic mass is 10.3. The quantitative estimate of drug-likeness (QED) is 0.836. The summed E-state index contributed by atoms with van der Waals surface area (Å²) in [5.74, 6) is -4.58. The van der Waals surface area contributed by atoms with Crippen LogP contribution in [0.4, 0.5) is 30.8 Å². The highest BCUT2D eigenvalue weighted by molar-refractivity contribution is 5.55. The summed E-state index contributed by atoms with van der Waals surface area (Å²) in [7, 11) is 0. The van der Waals surface area contributed by atoms with E-state index in [0.29, 0.717) is 6.61 Å². The Morgan fingerprint density at radius 3 is 2.60 bits per heavy atom. The van der Waals surface area contributed by atoms with E-state index in [0.717, 1.165) is 12.1 Å². The van der Waals surface area contributed by atoms with Crippen molar-refractivity contribution in [2.75, 3.05) is 17.7 Å². The number of rotatable bonds is 4. The summed E-state index contributed by atoms with van der Waals surface area (Å²) in [6.07, 6.45) is 0. The lowest BCUT2D eigenvalue weighted by molar-refractivity contribution is 0.312. The van der Waals surface area contributed by atoms with Crippen molar-refractivity contribution >= 4 is 17.6 Å². The van der Waals surface area contributed by atoms with Gasteiger partial charge in [-0.05, 0) is 19.1 Å². The van der Waals surface area contributed by atoms with Gasteiger partial charge in [-0.2, -0.15) is 15.0 Å². The van der Waals surface area contributed by atoms with Crippen molar-refractivity contribution in [1.82, 2.24) is 15.0 Å². The van der Waals surface area contributed by atoms with Crippen LogP contribution in [0.3, 0.4) is 0 Å². The van der Waals surface area contributed by atoms with Crippen LogP contribution < -0.4 is 15.8 Å². The molecule has 0 bridgehead atoms. The number of ether oxygens (including phenoxy) is 1. The molecule has 0 saturated heterocycles. The number of benzene rings is 1. The van der Waals surface area contributed by atoms with Crippen molar-refractivity contribution < 1.29 is 17.9 Å². The second kappa shape index (κ2) is 5.59. The third-order valence-corrected chi connectivity index (χ3v) is 2.19. The molecule has 0 atom stereocenters. The van der Waals surface area contributed by atoms with Gasteiger partial charge in [-0.3, -0.25) is 0 Å². The first-order chi connectivity index (χ1) is 9.51. The Morgan fingerprint density at radius 1 is 1.15 bits per heavy atom. The van der Waals surface area contributed by atoms with Crippen molar-refractivity contribution in [2.24, 2.45) is 0 Å². The van der Waals surface area contributed by atoms with Crippen molar-refractivity contribution in [3.05, 3.63) is 29.6 Å². The SMILES string of the molecule is CCOc1nc(N)nc(Nc2ccc(F)c(F)c2F)n1. The third-order valence-electron chi connectivity index (χ3n) is 2.19. The smallest absolute Gasteiger partial charge is 0.323 e. The molecule has 2 aromatic rings. The molecular weight excluding hydrogens is 275 g/mol. The lowest BCUT2D eigenvalue weighted by Gasteiger charge is -2.08. The van der Waals surface area contributed by atoms with Crippen LogP contribution in [0.5, 0.6) is 6.01 Å². The number of nitrogens with one attached hydrogen (secondary N) is 1. The number of aromatic nitrogens is 3. The van der Waals surface area contributed by atoms with Crippen LogP contribution in [-0.4, -0.2) is 21.6 Å². The maximum atomic E-state index is 13.5. The molecule has 1 aromatic heterocycles. The van der Waals surface area contributed by atoms with Gasteiger partial charge in [-0.25, -0.2) is 13.2 Å². The predicted octanol–water partition coefficient (Wildman–Crippen LogP) is 2.01. The molecule has 0 fully saturated rings. The van der Waals surface area contributed by atoms with E-state index in [-0.39, 0.29) is 23.6 Å². The topological polar surface area (TPSA) is 86.0 Å². The van der Waals surface area contributed by atoms with Crippen LogP contribution in [-0.2, 0) is 0 Å². The van der Waals surface area contributed by atoms with Gasteiger partial charge in [0.1, 0.15) is 0 Å². The molecule has 6 nitrogen and oxygen atoms in total. The number of anilines is 3. The fourth-order valence-electron chi connectivity index (χ4n) is 1.36. The minimum Gasteiger partial charge on any atom is -0.464 e. The van der Waals surface area contributed by atoms with Crippen molar-refractivity contribution in [3.8, 4) is 6.01 Å². The van der Waals surface area contributed by atoms with E-state index in [4.69, 9.17) is 10.5 Å². The summed E-state index contributed by atoms with van der Waals surface area (Å²) in [5, 5.41) is 2.38. The molecule has 106 valence electrons. The maximum absolute atomic E-state index is 13.5. The van der Waals surface area contributed by atoms with E-state index in [1.807, 2.05) is 0 Å². The molecule has 0 aliphatic heterocycles. The molecule has 0 spiro atoms. The Hall–Kier alpha value is -2.58. The molecule has 0 aliphatic carbocycles. The number of nitrogens with two attached hydrogens (primary N) is 1. The Balaban J connectivity index is 2.32. The third kappa shape index (κ3) is 2.87. The normalized spacial score (nSPS) is 10.4. The molecule has 9 heteroatoms. The van der Waals surface area contributed by atoms with Crippen LogP contribution in [0.1, 0.15) is 6.92 Å². The van der Waals surface area contributed by atoms with Crippen LogP contribution in [0, 0.1) is 17.5 Å². The first-order valence-electron chi connectivity index (χ1n) is 5.56. The molecule has 2 rings (SSSR count). The van der Waals surface area contributed by atoms with Crippen molar-refractivity contribution in [3.63, 3.8) is 0 Å². The summed E-state index contributed by atoms with van der Waals surface area (Å²) in [6.45, 7) is 2.00. The Morgan fingerprint density at radius 2 is 1.90 bits per heavy atom. The summed E-state index contributed by atoms with van der Waals surface area (Å²) >= 11 is 0. The van der Waals surface area contributed by atoms with E-state index >= 15 is 0 Å². The molecule has 20 heavy (non-hydrogen) atoms. The predicted molar refractivity (Wildman–Crippen MR) is 65.0 cm³/mol. The number of hydrogen-bond donors (Lipinski definition) is 2. The summed E-state index contributed by atoms with van der Waals surface area (Å²) < 4.78 is 44.4. The molecule has 3 N–H and O–H groups in total. The van der Waals surface area contributed by atoms with Gasteiger partial charge in [0.25, 0.3) is 0 Å². The van der Waals surface area contributed by atoms with Crippen molar-refractivity contribution in [1.29, 1.82) is 0 Å². The second-order valence-electron chi connectivity index (χ2n) is 3.58. The number of hydrogen-bond acceptors (Lipinski definition) is 6. The highest BCUT2D eigenvalue weighted by Crippen LogP contribution is 2.22. The molecule has 0 aliphatic rings. The lowest BCUT2D eigenvalue weighted by Crippen LogP contribution is -2.08. The van der Waals surface area contributed by atoms with Crippen LogP contribution >= 0.6 is 0 Å². The molecular formula is C11H10F3N5O. The zero-order valence-corrected chi connectivity index (χ0v) is 10.3. The largest absolute Gasteiger partial charge is 0.464 e. The van der Waals surface area contributed by atoms with Crippen molar-refractivity contribution in [2.45, 2.75) is 6.92 Å². The minimum absolute atomic E-state index is 0.0644. The molecule has 0 unspecified atom stereocenters. The summed E-state index contributed by atoms with van der Waals surface area (Å²) in [5.41, 5.74) is 5.09. The zero-order valence-electron chi connectivity index (χ0n) is 10.3. The first kappa shape index (κ1) is 13.8. The number of halogens is 3. The van der Waals surface area contributed by atoms with Gasteiger partial charge in [0, 0.05) is 0 Å². The number of nitrogens with zero attached hydrogens (tertiary/aromatic N) is 3. The Kier molecular flexibility index (Phi) is 3.87. The van der Waals surface area contributed by atoms with Gasteiger partial charge in [-0.15, -0.1) is 0 Å². The van der Waals surface area contributed by atoms with E-state index in [1.165, 1.54) is 0 Å². The van der Waals surface area contributed by atoms with Gasteiger partial charge < -0.3 is 15.8 Å². The van der Waals surface area contributed by atoms with Gasteiger partial charge in [0.2, 0.25) is 11.9 Å². The monoisotopic (exact) mass is 285 g/mol. The van der Waals surface area contributed by atoms with E-state index < -0.39 is 17.5 Å². The van der Waals surface area contributed by atoms with Gasteiger partial charge in [0.05, 0.1) is 12.3 Å². The average Bonchev–Trinajstić information content (AvgIpc) is 2.39. The van der Waals surface area contributed by atoms with Crippen LogP contribution in [0.2, 0.25) is 0 Å². The van der Waals surface area contributed by atoms with E-state index in [1.54, 1.807) is 6.92 Å². The Labute approximate surface area is 111 Å². The fraction of sp³-hybridized carbons (Fsp3) is 0.182. The standard InChI is InChI=1S/C11H10F3N5O/c1-2-20-11-18-9(15)17-10(19-11)16-6-4-3-5(12)7(13)8(6)14/h3-4H,2H2,1H3,(H3,15,16,17,18,19). The molecule has 0 saturated carbocycles. The van der Waals surface area contributed by atoms with E-state index in [9.17, 15) is 13.2 Å². The van der Waals surface area contributed by atoms with E-state index in [2.05, 4.69) is 20.3 Å². The zero-order chi connectivity index (χ0) is 14.7. The molecule has 1 heterocycles. The number of nitrogen functional groups attached to an aromatic ring is 1. The Bertz CT molecular complexity index is 638. The second-order valence-corrected chi connectivity index (χ2v) is 3.58. The average molecular weight is 285 g/mol. The van der Waals surface area contributed by atoms with Crippen LogP contribution in [0.25, 0.3) is 0 Å². The highest BCUT2D eigenvalue weighted by Gasteiger charge is 2.15. The van der Waals surface area contributed by atoms with Gasteiger partial charge >= 0.3 is 6.01 Å². The minimum atomic E-state index is -1.60. The molecule has 1 aromatic carbocycles. The highest BCUT2D eigenvalue weighted by atomic mass is 19.2. The van der Waals surface area contributed by atoms with Gasteiger partial charge in [0.15, 0.2) is 17.5 Å². The maximum Gasteiger partial charge on any atom is 0.323 e. The summed E-state index contributed by atoms with van der Waals surface area (Å²) in [4.78, 5) is 11.2. The molecule has 0 amide bonds. The van der Waals surface area contributed by atoms with Gasteiger partial charge in [-0.1, -0.05) is 0 Å². The summed E-state index contributed by atoms with van der Waals surface area (Å²) in [6, 6.07) is 1.72. The van der Waals surface area contributed by atoms with Crippen LogP contribution in [0.15, 0.2) is 12.1 Å². The fourth-order valence-corrected chi connectivity index (χ4v) is 1.36.